The predicted octanol–water partition coefficient (Wildman–Crippen LogP) is 2.26. The van der Waals surface area contributed by atoms with E-state index in [-0.39, 0.29) is 10.8 Å². The molecule has 0 spiro atoms. The molecule has 1 heterocycles. The third-order valence-corrected chi connectivity index (χ3v) is 4.02. The Labute approximate surface area is 92.3 Å². The quantitative estimate of drug-likeness (QED) is 0.813. The van der Waals surface area contributed by atoms with Crippen LogP contribution in [0.3, 0.4) is 0 Å². The smallest absolute Gasteiger partial charge is 0.136 e. The molecule has 1 aromatic rings. The summed E-state index contributed by atoms with van der Waals surface area (Å²) in [4.78, 5) is 4.17. The second-order valence-electron chi connectivity index (χ2n) is 4.13. The summed E-state index contributed by atoms with van der Waals surface area (Å²) in [5.74, 6) is 0. The summed E-state index contributed by atoms with van der Waals surface area (Å²) in [5.41, 5.74) is 2.74. The van der Waals surface area contributed by atoms with Gasteiger partial charge in [-0.05, 0) is 27.7 Å². The highest BCUT2D eigenvalue weighted by atomic mass is 32.2. The van der Waals surface area contributed by atoms with Gasteiger partial charge in [0.25, 0.3) is 0 Å². The zero-order valence-corrected chi connectivity index (χ0v) is 10.5. The van der Waals surface area contributed by atoms with Crippen molar-refractivity contribution >= 4 is 22.7 Å². The van der Waals surface area contributed by atoms with Crippen LogP contribution in [0.1, 0.15) is 39.4 Å². The number of aromatic nitrogens is 1. The van der Waals surface area contributed by atoms with E-state index in [1.165, 1.54) is 0 Å². The Hall–Kier alpha value is -0.100. The molecular formula is C9H16N2OS2. The maximum atomic E-state index is 11.7. The van der Waals surface area contributed by atoms with Crippen molar-refractivity contribution in [3.8, 4) is 0 Å². The van der Waals surface area contributed by atoms with E-state index in [1.54, 1.807) is 16.8 Å². The summed E-state index contributed by atoms with van der Waals surface area (Å²) in [5, 5.41) is 1.97. The molecule has 80 valence electrons. The second kappa shape index (κ2) is 4.61. The van der Waals surface area contributed by atoms with Crippen LogP contribution in [0.25, 0.3) is 0 Å². The van der Waals surface area contributed by atoms with Crippen LogP contribution >= 0.6 is 11.3 Å². The number of nitrogens with zero attached hydrogens (tertiary/aromatic N) is 1. The van der Waals surface area contributed by atoms with Gasteiger partial charge in [0.15, 0.2) is 0 Å². The minimum atomic E-state index is -1.04. The van der Waals surface area contributed by atoms with Crippen molar-refractivity contribution in [3.63, 3.8) is 0 Å². The van der Waals surface area contributed by atoms with Gasteiger partial charge >= 0.3 is 0 Å². The number of thiazole rings is 1. The van der Waals surface area contributed by atoms with Gasteiger partial charge in [0.1, 0.15) is 4.75 Å². The van der Waals surface area contributed by atoms with E-state index < -0.39 is 11.4 Å². The summed E-state index contributed by atoms with van der Waals surface area (Å²) in [6, 6.07) is 0.0429. The van der Waals surface area contributed by atoms with Crippen molar-refractivity contribution in [2.24, 2.45) is 0 Å². The van der Waals surface area contributed by atoms with Gasteiger partial charge in [0.05, 0.1) is 17.2 Å². The molecule has 1 rings (SSSR count). The van der Waals surface area contributed by atoms with Crippen molar-refractivity contribution in [2.45, 2.75) is 38.5 Å². The molecule has 0 saturated heterocycles. The first kappa shape index (κ1) is 12.0. The van der Waals surface area contributed by atoms with Gasteiger partial charge in [-0.15, -0.1) is 16.1 Å². The van der Waals surface area contributed by atoms with Gasteiger partial charge in [0.2, 0.25) is 0 Å². The summed E-state index contributed by atoms with van der Waals surface area (Å²) in [6.45, 7) is 7.82. The summed E-state index contributed by atoms with van der Waals surface area (Å²) in [6.07, 6.45) is 0. The highest BCUT2D eigenvalue weighted by molar-refractivity contribution is 7.90. The molecule has 5 heteroatoms. The highest BCUT2D eigenvalue weighted by Gasteiger charge is 2.28. The first-order chi connectivity index (χ1) is 6.41. The van der Waals surface area contributed by atoms with Crippen molar-refractivity contribution < 1.29 is 4.55 Å². The van der Waals surface area contributed by atoms with E-state index in [0.717, 1.165) is 5.69 Å². The van der Waals surface area contributed by atoms with Gasteiger partial charge in [0, 0.05) is 16.7 Å². The molecule has 0 aromatic carbocycles. The van der Waals surface area contributed by atoms with Crippen LogP contribution in [0.5, 0.6) is 0 Å². The molecule has 14 heavy (non-hydrogen) atoms. The standard InChI is InChI=1S/C9H16N2OS2/c1-7(8-5-13-6-10-8)11-14(12)9(2,3)4/h5-7,11H,1-4H3/t7-,14?/m0/s1. The Kier molecular flexibility index (Phi) is 3.94. The molecular weight excluding hydrogens is 216 g/mol. The molecule has 1 aromatic heterocycles. The van der Waals surface area contributed by atoms with E-state index in [0.29, 0.717) is 0 Å². The van der Waals surface area contributed by atoms with Gasteiger partial charge in [-0.2, -0.15) is 0 Å². The number of nitrogens with one attached hydrogen (secondary N) is 1. The van der Waals surface area contributed by atoms with Crippen LogP contribution in [0.4, 0.5) is 0 Å². The lowest BCUT2D eigenvalue weighted by atomic mass is 10.3. The average molecular weight is 232 g/mol. The fraction of sp³-hybridized carbons (Fsp3) is 0.667. The first-order valence-corrected chi connectivity index (χ1v) is 6.56. The topological polar surface area (TPSA) is 48.0 Å². The Balaban J connectivity index is 2.53. The highest BCUT2D eigenvalue weighted by Crippen LogP contribution is 2.19. The molecule has 1 unspecified atom stereocenters. The molecule has 0 fully saturated rings. The lowest BCUT2D eigenvalue weighted by molar-refractivity contribution is 0.529. The summed E-state index contributed by atoms with van der Waals surface area (Å²) in [7, 11) is 0. The first-order valence-electron chi connectivity index (χ1n) is 4.47. The Morgan fingerprint density at radius 1 is 1.57 bits per heavy atom. The number of hydrogen-bond acceptors (Lipinski definition) is 4. The largest absolute Gasteiger partial charge is 0.598 e. The number of rotatable bonds is 3. The van der Waals surface area contributed by atoms with Crippen molar-refractivity contribution in [1.29, 1.82) is 0 Å². The second-order valence-corrected chi connectivity index (χ2v) is 6.85. The zero-order chi connectivity index (χ0) is 10.8. The van der Waals surface area contributed by atoms with Crippen LogP contribution in [-0.4, -0.2) is 14.3 Å². The predicted molar refractivity (Wildman–Crippen MR) is 61.6 cm³/mol. The molecule has 1 N–H and O–H groups in total. The van der Waals surface area contributed by atoms with E-state index in [9.17, 15) is 4.55 Å². The van der Waals surface area contributed by atoms with E-state index in [2.05, 4.69) is 9.71 Å². The third-order valence-electron chi connectivity index (χ3n) is 1.74. The lowest BCUT2D eigenvalue weighted by Crippen LogP contribution is -2.40. The zero-order valence-electron chi connectivity index (χ0n) is 8.90. The Morgan fingerprint density at radius 3 is 2.64 bits per heavy atom. The van der Waals surface area contributed by atoms with Gasteiger partial charge in [-0.1, -0.05) is 0 Å². The molecule has 0 amide bonds. The Bertz CT molecular complexity index is 269. The van der Waals surface area contributed by atoms with Gasteiger partial charge in [-0.25, -0.2) is 4.98 Å². The van der Waals surface area contributed by atoms with Gasteiger partial charge < -0.3 is 4.55 Å². The fourth-order valence-corrected chi connectivity index (χ4v) is 2.28. The average Bonchev–Trinajstić information content (AvgIpc) is 2.53. The van der Waals surface area contributed by atoms with E-state index in [4.69, 9.17) is 0 Å². The van der Waals surface area contributed by atoms with Crippen LogP contribution in [0.15, 0.2) is 10.9 Å². The molecule has 0 saturated carbocycles. The fourth-order valence-electron chi connectivity index (χ4n) is 0.833. The van der Waals surface area contributed by atoms with Gasteiger partial charge in [-0.3, -0.25) is 0 Å². The molecule has 0 aliphatic rings. The number of hydrogen-bond donors (Lipinski definition) is 1. The lowest BCUT2D eigenvalue weighted by Gasteiger charge is -2.25. The monoisotopic (exact) mass is 232 g/mol. The van der Waals surface area contributed by atoms with E-state index >= 15 is 0 Å². The Morgan fingerprint density at radius 2 is 2.21 bits per heavy atom. The molecule has 3 nitrogen and oxygen atoms in total. The summed E-state index contributed by atoms with van der Waals surface area (Å²) >= 11 is 0.515. The van der Waals surface area contributed by atoms with Crippen LogP contribution < -0.4 is 4.72 Å². The maximum absolute atomic E-state index is 11.7. The molecule has 0 radical (unpaired) electrons. The minimum Gasteiger partial charge on any atom is -0.598 e. The normalized spacial score (nSPS) is 16.6. The molecule has 0 aliphatic carbocycles. The van der Waals surface area contributed by atoms with Crippen LogP contribution in [-0.2, 0) is 11.4 Å². The van der Waals surface area contributed by atoms with Crippen molar-refractivity contribution in [1.82, 2.24) is 9.71 Å². The minimum absolute atomic E-state index is 0.0429. The molecule has 2 atom stereocenters. The third kappa shape index (κ3) is 3.24. The molecule has 0 aliphatic heterocycles. The molecule has 0 bridgehead atoms. The van der Waals surface area contributed by atoms with E-state index in [1.807, 2.05) is 33.1 Å². The maximum Gasteiger partial charge on any atom is 0.136 e. The summed E-state index contributed by atoms with van der Waals surface area (Å²) < 4.78 is 14.6. The SMILES string of the molecule is C[C@H](N[S+]([O-])C(C)(C)C)c1cscn1. The van der Waals surface area contributed by atoms with Crippen molar-refractivity contribution in [3.05, 3.63) is 16.6 Å². The van der Waals surface area contributed by atoms with Crippen molar-refractivity contribution in [2.75, 3.05) is 0 Å². The van der Waals surface area contributed by atoms with Crippen LogP contribution in [0.2, 0.25) is 0 Å². The van der Waals surface area contributed by atoms with Crippen LogP contribution in [0, 0.1) is 0 Å².